The Morgan fingerprint density at radius 2 is 1.96 bits per heavy atom. The molecule has 1 aliphatic heterocycles. The van der Waals surface area contributed by atoms with Gasteiger partial charge in [0.1, 0.15) is 0 Å². The summed E-state index contributed by atoms with van der Waals surface area (Å²) in [4.78, 5) is 16.7. The van der Waals surface area contributed by atoms with Crippen LogP contribution in [0.15, 0.2) is 34.9 Å². The lowest BCUT2D eigenvalue weighted by molar-refractivity contribution is -0.133. The minimum Gasteiger partial charge on any atom is -0.340 e. The van der Waals surface area contributed by atoms with Crippen LogP contribution in [0.2, 0.25) is 5.02 Å². The zero-order valence-electron chi connectivity index (χ0n) is 14.3. The number of benzene rings is 1. The fourth-order valence-electron chi connectivity index (χ4n) is 3.00. The van der Waals surface area contributed by atoms with Gasteiger partial charge in [-0.25, -0.2) is 0 Å². The van der Waals surface area contributed by atoms with Gasteiger partial charge in [0.25, 0.3) is 0 Å². The van der Waals surface area contributed by atoms with Gasteiger partial charge in [0.15, 0.2) is 0 Å². The van der Waals surface area contributed by atoms with Crippen LogP contribution in [-0.4, -0.2) is 51.7 Å². The molecule has 0 spiro atoms. The van der Waals surface area contributed by atoms with Crippen LogP contribution >= 0.6 is 27.5 Å². The third-order valence-electron chi connectivity index (χ3n) is 4.52. The summed E-state index contributed by atoms with van der Waals surface area (Å²) in [5.41, 5.74) is 2.09. The van der Waals surface area contributed by atoms with Crippen molar-refractivity contribution in [3.63, 3.8) is 0 Å². The van der Waals surface area contributed by atoms with Gasteiger partial charge in [0, 0.05) is 56.9 Å². The Labute approximate surface area is 161 Å². The predicted octanol–water partition coefficient (Wildman–Crippen LogP) is 3.34. The van der Waals surface area contributed by atoms with E-state index in [1.807, 2.05) is 40.9 Å². The number of amides is 1. The first-order chi connectivity index (χ1) is 12.0. The van der Waals surface area contributed by atoms with Crippen LogP contribution in [-0.2, 0) is 17.9 Å². The summed E-state index contributed by atoms with van der Waals surface area (Å²) in [5.74, 6) is 0.196. The largest absolute Gasteiger partial charge is 0.340 e. The number of carbonyl (C=O) groups excluding carboxylic acids is 1. The van der Waals surface area contributed by atoms with Crippen molar-refractivity contribution in [2.75, 3.05) is 26.2 Å². The second-order valence-corrected chi connectivity index (χ2v) is 7.59. The molecule has 1 aromatic heterocycles. The minimum atomic E-state index is 0.196. The number of halogens is 2. The fourth-order valence-corrected chi connectivity index (χ4v) is 3.51. The molecule has 3 rings (SSSR count). The van der Waals surface area contributed by atoms with Gasteiger partial charge in [-0.05, 0) is 34.5 Å². The summed E-state index contributed by atoms with van der Waals surface area (Å²) in [6.07, 6.45) is 2.40. The number of hydrogen-bond donors (Lipinski definition) is 0. The normalized spacial score (nSPS) is 15.6. The van der Waals surface area contributed by atoms with E-state index in [-0.39, 0.29) is 5.91 Å². The number of aromatic nitrogens is 2. The van der Waals surface area contributed by atoms with Crippen molar-refractivity contribution in [2.24, 2.45) is 0 Å². The van der Waals surface area contributed by atoms with Crippen molar-refractivity contribution < 1.29 is 4.79 Å². The molecule has 0 bridgehead atoms. The summed E-state index contributed by atoms with van der Waals surface area (Å²) in [6.45, 7) is 6.69. The van der Waals surface area contributed by atoms with Crippen molar-refractivity contribution in [2.45, 2.75) is 26.4 Å². The first kappa shape index (κ1) is 18.4. The number of piperazine rings is 1. The molecule has 2 heterocycles. The molecule has 7 heteroatoms. The molecular weight excluding hydrogens is 404 g/mol. The summed E-state index contributed by atoms with van der Waals surface area (Å²) in [5, 5.41) is 5.18. The van der Waals surface area contributed by atoms with Crippen LogP contribution in [0.5, 0.6) is 0 Å². The molecule has 0 N–H and O–H groups in total. The molecular formula is C18H22BrClN4O. The lowest BCUT2D eigenvalue weighted by Gasteiger charge is -2.35. The van der Waals surface area contributed by atoms with E-state index in [4.69, 9.17) is 11.6 Å². The van der Waals surface area contributed by atoms with E-state index in [0.29, 0.717) is 13.0 Å². The van der Waals surface area contributed by atoms with Crippen LogP contribution < -0.4 is 0 Å². The Morgan fingerprint density at radius 3 is 2.60 bits per heavy atom. The van der Waals surface area contributed by atoms with Gasteiger partial charge in [0.2, 0.25) is 5.91 Å². The van der Waals surface area contributed by atoms with Crippen LogP contribution in [0.4, 0.5) is 0 Å². The topological polar surface area (TPSA) is 41.4 Å². The van der Waals surface area contributed by atoms with Crippen molar-refractivity contribution in [3.8, 4) is 0 Å². The van der Waals surface area contributed by atoms with Gasteiger partial charge >= 0.3 is 0 Å². The Morgan fingerprint density at radius 1 is 1.24 bits per heavy atom. The molecule has 0 aliphatic carbocycles. The van der Waals surface area contributed by atoms with Crippen LogP contribution in [0.3, 0.4) is 0 Å². The molecule has 5 nitrogen and oxygen atoms in total. The summed E-state index contributed by atoms with van der Waals surface area (Å²) in [7, 11) is 0. The Balaban J connectivity index is 1.45. The minimum absolute atomic E-state index is 0.196. The van der Waals surface area contributed by atoms with E-state index in [1.165, 1.54) is 0 Å². The van der Waals surface area contributed by atoms with Crippen molar-refractivity contribution in [1.29, 1.82) is 0 Å². The maximum atomic E-state index is 12.4. The first-order valence-corrected chi connectivity index (χ1v) is 9.63. The SMILES string of the molecule is Cc1nn(CCC(=O)N2CCN(Cc3ccccc3Cl)CC2)cc1Br. The average molecular weight is 426 g/mol. The highest BCUT2D eigenvalue weighted by Crippen LogP contribution is 2.18. The number of aryl methyl sites for hydroxylation is 2. The monoisotopic (exact) mass is 424 g/mol. The smallest absolute Gasteiger partial charge is 0.224 e. The van der Waals surface area contributed by atoms with Gasteiger partial charge in [-0.3, -0.25) is 14.4 Å². The van der Waals surface area contributed by atoms with Gasteiger partial charge in [-0.2, -0.15) is 5.10 Å². The highest BCUT2D eigenvalue weighted by molar-refractivity contribution is 9.10. The van der Waals surface area contributed by atoms with Gasteiger partial charge < -0.3 is 4.90 Å². The lowest BCUT2D eigenvalue weighted by Crippen LogP contribution is -2.48. The lowest BCUT2D eigenvalue weighted by atomic mass is 10.2. The third kappa shape index (κ3) is 4.84. The number of rotatable bonds is 5. The predicted molar refractivity (Wildman–Crippen MR) is 103 cm³/mol. The highest BCUT2D eigenvalue weighted by atomic mass is 79.9. The van der Waals surface area contributed by atoms with E-state index >= 15 is 0 Å². The fraction of sp³-hybridized carbons (Fsp3) is 0.444. The van der Waals surface area contributed by atoms with Crippen molar-refractivity contribution in [1.82, 2.24) is 19.6 Å². The van der Waals surface area contributed by atoms with Crippen molar-refractivity contribution >= 4 is 33.4 Å². The van der Waals surface area contributed by atoms with Gasteiger partial charge in [0.05, 0.1) is 10.2 Å². The second-order valence-electron chi connectivity index (χ2n) is 6.32. The standard InChI is InChI=1S/C18H22BrClN4O/c1-14-16(19)13-24(21-14)7-6-18(25)23-10-8-22(9-11-23)12-15-4-2-3-5-17(15)20/h2-5,13H,6-12H2,1H3. The van der Waals surface area contributed by atoms with E-state index in [9.17, 15) is 4.79 Å². The molecule has 0 unspecified atom stereocenters. The molecule has 1 saturated heterocycles. The van der Waals surface area contributed by atoms with Gasteiger partial charge in [-0.1, -0.05) is 29.8 Å². The van der Waals surface area contributed by atoms with Crippen molar-refractivity contribution in [3.05, 3.63) is 51.2 Å². The molecule has 1 amide bonds. The molecule has 2 aromatic rings. The molecule has 25 heavy (non-hydrogen) atoms. The average Bonchev–Trinajstić information content (AvgIpc) is 2.93. The van der Waals surface area contributed by atoms with Crippen LogP contribution in [0, 0.1) is 6.92 Å². The number of hydrogen-bond acceptors (Lipinski definition) is 3. The molecule has 1 fully saturated rings. The number of carbonyl (C=O) groups is 1. The van der Waals surface area contributed by atoms with E-state index in [0.717, 1.165) is 53.5 Å². The summed E-state index contributed by atoms with van der Waals surface area (Å²) < 4.78 is 2.80. The van der Waals surface area contributed by atoms with E-state index in [1.54, 1.807) is 0 Å². The quantitative estimate of drug-likeness (QED) is 0.738. The number of nitrogens with zero attached hydrogens (tertiary/aromatic N) is 4. The highest BCUT2D eigenvalue weighted by Gasteiger charge is 2.21. The Hall–Kier alpha value is -1.37. The summed E-state index contributed by atoms with van der Waals surface area (Å²) in [6, 6.07) is 7.94. The van der Waals surface area contributed by atoms with E-state index in [2.05, 4.69) is 32.0 Å². The molecule has 134 valence electrons. The second kappa shape index (κ2) is 8.34. The first-order valence-electron chi connectivity index (χ1n) is 8.46. The zero-order valence-corrected chi connectivity index (χ0v) is 16.6. The van der Waals surface area contributed by atoms with Crippen LogP contribution in [0.1, 0.15) is 17.7 Å². The van der Waals surface area contributed by atoms with E-state index < -0.39 is 0 Å². The molecule has 0 radical (unpaired) electrons. The zero-order chi connectivity index (χ0) is 17.8. The molecule has 0 saturated carbocycles. The molecule has 1 aromatic carbocycles. The van der Waals surface area contributed by atoms with Crippen LogP contribution in [0.25, 0.3) is 0 Å². The Kier molecular flexibility index (Phi) is 6.15. The molecule has 0 atom stereocenters. The molecule has 1 aliphatic rings. The van der Waals surface area contributed by atoms with Gasteiger partial charge in [-0.15, -0.1) is 0 Å². The maximum absolute atomic E-state index is 12.4. The maximum Gasteiger partial charge on any atom is 0.224 e. The third-order valence-corrected chi connectivity index (χ3v) is 5.67. The Bertz CT molecular complexity index is 721. The summed E-state index contributed by atoms with van der Waals surface area (Å²) >= 11 is 9.68.